The molecule has 0 bridgehead atoms. The first kappa shape index (κ1) is 16.0. The van der Waals surface area contributed by atoms with Crippen LogP contribution in [0.2, 0.25) is 0 Å². The van der Waals surface area contributed by atoms with Crippen molar-refractivity contribution in [2.75, 3.05) is 0 Å². The van der Waals surface area contributed by atoms with E-state index in [1.54, 1.807) is 12.1 Å². The van der Waals surface area contributed by atoms with Crippen molar-refractivity contribution in [2.45, 2.75) is 34.6 Å². The number of nitrogens with zero attached hydrogens (tertiary/aromatic N) is 1. The van der Waals surface area contributed by atoms with Crippen LogP contribution in [-0.2, 0) is 0 Å². The van der Waals surface area contributed by atoms with E-state index in [1.165, 1.54) is 0 Å². The van der Waals surface area contributed by atoms with Crippen molar-refractivity contribution in [3.63, 3.8) is 0 Å². The quantitative estimate of drug-likeness (QED) is 0.692. The highest BCUT2D eigenvalue weighted by atomic mass is 16.3. The van der Waals surface area contributed by atoms with Crippen molar-refractivity contribution >= 4 is 0 Å². The number of hydrogen-bond donors (Lipinski definition) is 0. The zero-order valence-electron chi connectivity index (χ0n) is 11.8. The monoisotopic (exact) mass is 243 g/mol. The van der Waals surface area contributed by atoms with Gasteiger partial charge in [-0.25, -0.2) is 0 Å². The van der Waals surface area contributed by atoms with E-state index in [-0.39, 0.29) is 0 Å². The first-order valence-electron chi connectivity index (χ1n) is 6.36. The summed E-state index contributed by atoms with van der Waals surface area (Å²) in [6.45, 7) is 9.91. The van der Waals surface area contributed by atoms with E-state index in [0.29, 0.717) is 5.56 Å². The summed E-state index contributed by atoms with van der Waals surface area (Å²) in [5.41, 5.74) is 1.66. The molecular weight excluding hydrogens is 222 g/mol. The minimum absolute atomic E-state index is 0.664. The average Bonchev–Trinajstić information content (AvgIpc) is 2.90. The topological polar surface area (TPSA) is 36.9 Å². The molecule has 0 radical (unpaired) electrons. The van der Waals surface area contributed by atoms with E-state index in [9.17, 15) is 0 Å². The van der Waals surface area contributed by atoms with Gasteiger partial charge in [-0.05, 0) is 43.3 Å². The molecule has 2 rings (SSSR count). The van der Waals surface area contributed by atoms with Crippen molar-refractivity contribution in [3.8, 4) is 17.4 Å². The highest BCUT2D eigenvalue weighted by molar-refractivity contribution is 5.58. The Morgan fingerprint density at radius 1 is 0.889 bits per heavy atom. The summed E-state index contributed by atoms with van der Waals surface area (Å²) >= 11 is 0. The highest BCUT2D eigenvalue weighted by Crippen LogP contribution is 2.21. The SMILES string of the molecule is CC.CC.Cc1ccc(-c2ccc(C#N)cc2)o1. The lowest BCUT2D eigenvalue weighted by molar-refractivity contribution is 0.548. The molecule has 0 unspecified atom stereocenters. The molecule has 0 aliphatic rings. The molecule has 0 saturated carbocycles. The van der Waals surface area contributed by atoms with Crippen molar-refractivity contribution < 1.29 is 4.42 Å². The van der Waals surface area contributed by atoms with E-state index >= 15 is 0 Å². The predicted molar refractivity (Wildman–Crippen MR) is 76.3 cm³/mol. The molecule has 0 atom stereocenters. The van der Waals surface area contributed by atoms with Crippen LogP contribution in [0.25, 0.3) is 11.3 Å². The van der Waals surface area contributed by atoms with Gasteiger partial charge in [0.05, 0.1) is 11.6 Å². The lowest BCUT2D eigenvalue weighted by Gasteiger charge is -1.95. The molecular formula is C16H21NO. The molecule has 0 fully saturated rings. The molecule has 2 heteroatoms. The third-order valence-corrected chi connectivity index (χ3v) is 2.04. The van der Waals surface area contributed by atoms with Crippen LogP contribution in [0.5, 0.6) is 0 Å². The van der Waals surface area contributed by atoms with Crippen LogP contribution in [0, 0.1) is 18.3 Å². The fraction of sp³-hybridized carbons (Fsp3) is 0.312. The Balaban J connectivity index is 0.000000659. The van der Waals surface area contributed by atoms with Crippen molar-refractivity contribution in [3.05, 3.63) is 47.7 Å². The summed E-state index contributed by atoms with van der Waals surface area (Å²) in [6, 6.07) is 13.3. The molecule has 0 N–H and O–H groups in total. The molecule has 1 aromatic carbocycles. The van der Waals surface area contributed by atoms with Crippen LogP contribution in [-0.4, -0.2) is 0 Å². The van der Waals surface area contributed by atoms with E-state index in [4.69, 9.17) is 9.68 Å². The summed E-state index contributed by atoms with van der Waals surface area (Å²) < 4.78 is 5.46. The lowest BCUT2D eigenvalue weighted by atomic mass is 10.1. The standard InChI is InChI=1S/C12H9NO.2C2H6/c1-9-2-7-12(14-9)11-5-3-10(8-13)4-6-11;2*1-2/h2-7H,1H3;2*1-2H3. The second-order valence-corrected chi connectivity index (χ2v) is 3.10. The number of nitriles is 1. The van der Waals surface area contributed by atoms with Gasteiger partial charge in [-0.1, -0.05) is 27.7 Å². The predicted octanol–water partition coefficient (Wildman–Crippen LogP) is 5.18. The van der Waals surface area contributed by atoms with Crippen LogP contribution in [0.1, 0.15) is 39.0 Å². The lowest BCUT2D eigenvalue weighted by Crippen LogP contribution is -1.75. The second-order valence-electron chi connectivity index (χ2n) is 3.10. The summed E-state index contributed by atoms with van der Waals surface area (Å²) in [5.74, 6) is 1.73. The highest BCUT2D eigenvalue weighted by Gasteiger charge is 2.01. The number of hydrogen-bond acceptors (Lipinski definition) is 2. The fourth-order valence-corrected chi connectivity index (χ4v) is 1.30. The van der Waals surface area contributed by atoms with Crippen LogP contribution < -0.4 is 0 Å². The average molecular weight is 243 g/mol. The summed E-state index contributed by atoms with van der Waals surface area (Å²) in [4.78, 5) is 0. The normalized spacial score (nSPS) is 8.22. The van der Waals surface area contributed by atoms with Gasteiger partial charge in [0.15, 0.2) is 0 Å². The minimum Gasteiger partial charge on any atom is -0.461 e. The summed E-state index contributed by atoms with van der Waals surface area (Å²) in [6.07, 6.45) is 0. The number of rotatable bonds is 1. The first-order chi connectivity index (χ1) is 8.79. The molecule has 1 heterocycles. The molecule has 2 nitrogen and oxygen atoms in total. The van der Waals surface area contributed by atoms with E-state index in [2.05, 4.69) is 6.07 Å². The summed E-state index contributed by atoms with van der Waals surface area (Å²) in [5, 5.41) is 8.63. The van der Waals surface area contributed by atoms with Crippen LogP contribution in [0.3, 0.4) is 0 Å². The number of benzene rings is 1. The molecule has 2 aromatic rings. The van der Waals surface area contributed by atoms with Gasteiger partial charge in [0.25, 0.3) is 0 Å². The van der Waals surface area contributed by atoms with Gasteiger partial charge in [-0.3, -0.25) is 0 Å². The Morgan fingerprint density at radius 2 is 1.44 bits per heavy atom. The van der Waals surface area contributed by atoms with Gasteiger partial charge < -0.3 is 4.42 Å². The smallest absolute Gasteiger partial charge is 0.134 e. The van der Waals surface area contributed by atoms with Crippen LogP contribution in [0.15, 0.2) is 40.8 Å². The van der Waals surface area contributed by atoms with E-state index in [1.807, 2.05) is 58.9 Å². The Bertz CT molecular complexity index is 475. The van der Waals surface area contributed by atoms with Crippen molar-refractivity contribution in [1.82, 2.24) is 0 Å². The Kier molecular flexibility index (Phi) is 8.05. The van der Waals surface area contributed by atoms with Crippen LogP contribution in [0.4, 0.5) is 0 Å². The number of aryl methyl sites for hydroxylation is 1. The Labute approximate surface area is 110 Å². The second kappa shape index (κ2) is 9.07. The van der Waals surface area contributed by atoms with Crippen molar-refractivity contribution in [2.24, 2.45) is 0 Å². The maximum Gasteiger partial charge on any atom is 0.134 e. The minimum atomic E-state index is 0.664. The van der Waals surface area contributed by atoms with Crippen molar-refractivity contribution in [1.29, 1.82) is 5.26 Å². The van der Waals surface area contributed by atoms with Gasteiger partial charge in [-0.15, -0.1) is 0 Å². The molecule has 0 aliphatic carbocycles. The molecule has 1 aromatic heterocycles. The molecule has 0 aliphatic heterocycles. The first-order valence-corrected chi connectivity index (χ1v) is 6.36. The number of furan rings is 1. The largest absolute Gasteiger partial charge is 0.461 e. The van der Waals surface area contributed by atoms with Crippen LogP contribution >= 0.6 is 0 Å². The molecule has 0 amide bonds. The fourth-order valence-electron chi connectivity index (χ4n) is 1.30. The van der Waals surface area contributed by atoms with Gasteiger partial charge >= 0.3 is 0 Å². The third-order valence-electron chi connectivity index (χ3n) is 2.04. The zero-order valence-corrected chi connectivity index (χ0v) is 11.8. The molecule has 18 heavy (non-hydrogen) atoms. The third kappa shape index (κ3) is 4.47. The summed E-state index contributed by atoms with van der Waals surface area (Å²) in [7, 11) is 0. The molecule has 0 spiro atoms. The molecule has 0 saturated heterocycles. The van der Waals surface area contributed by atoms with Gasteiger partial charge in [-0.2, -0.15) is 5.26 Å². The Morgan fingerprint density at radius 3 is 1.83 bits per heavy atom. The van der Waals surface area contributed by atoms with E-state index in [0.717, 1.165) is 17.1 Å². The van der Waals surface area contributed by atoms with Gasteiger partial charge in [0.1, 0.15) is 11.5 Å². The zero-order chi connectivity index (χ0) is 14.0. The maximum absolute atomic E-state index is 8.63. The Hall–Kier alpha value is -2.01. The van der Waals surface area contributed by atoms with Gasteiger partial charge in [0, 0.05) is 5.56 Å². The maximum atomic E-state index is 8.63. The molecule has 96 valence electrons. The van der Waals surface area contributed by atoms with Gasteiger partial charge in [0.2, 0.25) is 0 Å². The van der Waals surface area contributed by atoms with E-state index < -0.39 is 0 Å².